The van der Waals surface area contributed by atoms with Crippen LogP contribution >= 0.6 is 23.4 Å². The van der Waals surface area contributed by atoms with E-state index in [9.17, 15) is 14.4 Å². The van der Waals surface area contributed by atoms with Gasteiger partial charge in [-0.1, -0.05) is 29.8 Å². The first-order valence-corrected chi connectivity index (χ1v) is 9.10. The number of nitrogens with one attached hydrogen (secondary N) is 1. The molecule has 2 amide bonds. The summed E-state index contributed by atoms with van der Waals surface area (Å²) in [5.74, 6) is -0.814. The Bertz CT molecular complexity index is 928. The minimum absolute atomic E-state index is 0.0453. The summed E-state index contributed by atoms with van der Waals surface area (Å²) in [6.45, 7) is 0.0453. The highest BCUT2D eigenvalue weighted by molar-refractivity contribution is 8.18. The Kier molecular flexibility index (Phi) is 5.83. The number of carbonyl (C=O) groups is 3. The number of ether oxygens (including phenoxy) is 1. The summed E-state index contributed by atoms with van der Waals surface area (Å²) in [4.78, 5) is 37.6. The predicted molar refractivity (Wildman–Crippen MR) is 106 cm³/mol. The predicted octanol–water partition coefficient (Wildman–Crippen LogP) is 4.23. The van der Waals surface area contributed by atoms with Gasteiger partial charge in [0.05, 0.1) is 24.2 Å². The number of anilines is 1. The van der Waals surface area contributed by atoms with Crippen molar-refractivity contribution in [2.75, 3.05) is 19.1 Å². The van der Waals surface area contributed by atoms with Crippen LogP contribution < -0.4 is 5.32 Å². The molecule has 1 N–H and O–H groups in total. The van der Waals surface area contributed by atoms with E-state index < -0.39 is 5.97 Å². The second kappa shape index (κ2) is 8.28. The molecule has 2 aromatic carbocycles. The van der Waals surface area contributed by atoms with Gasteiger partial charge in [-0.2, -0.15) is 0 Å². The molecule has 3 rings (SSSR count). The Labute approximate surface area is 165 Å². The van der Waals surface area contributed by atoms with Crippen LogP contribution in [0.25, 0.3) is 6.08 Å². The van der Waals surface area contributed by atoms with Crippen LogP contribution in [0.1, 0.15) is 15.9 Å². The third kappa shape index (κ3) is 4.50. The number of carbonyl (C=O) groups excluding carboxylic acids is 3. The molecule has 0 radical (unpaired) electrons. The van der Waals surface area contributed by atoms with Gasteiger partial charge in [0.25, 0.3) is 11.1 Å². The zero-order chi connectivity index (χ0) is 19.4. The van der Waals surface area contributed by atoms with Crippen molar-refractivity contribution in [3.63, 3.8) is 0 Å². The van der Waals surface area contributed by atoms with E-state index in [1.165, 1.54) is 7.11 Å². The quantitative estimate of drug-likeness (QED) is 0.595. The molecule has 6 nitrogen and oxygen atoms in total. The molecule has 0 spiro atoms. The van der Waals surface area contributed by atoms with Gasteiger partial charge >= 0.3 is 5.97 Å². The smallest absolute Gasteiger partial charge is 0.337 e. The molecule has 0 aromatic heterocycles. The van der Waals surface area contributed by atoms with Gasteiger partial charge < -0.3 is 10.1 Å². The molecular formula is C19H15ClN2O4S. The van der Waals surface area contributed by atoms with Crippen molar-refractivity contribution in [3.8, 4) is 0 Å². The molecule has 1 heterocycles. The van der Waals surface area contributed by atoms with Crippen molar-refractivity contribution in [2.24, 2.45) is 0 Å². The average molecular weight is 403 g/mol. The maximum Gasteiger partial charge on any atom is 0.337 e. The van der Waals surface area contributed by atoms with E-state index in [4.69, 9.17) is 11.6 Å². The number of amides is 2. The van der Waals surface area contributed by atoms with E-state index in [0.717, 1.165) is 16.7 Å². The monoisotopic (exact) mass is 402 g/mol. The molecule has 1 saturated heterocycles. The lowest BCUT2D eigenvalue weighted by Gasteiger charge is -2.14. The van der Waals surface area contributed by atoms with E-state index in [2.05, 4.69) is 10.1 Å². The first-order chi connectivity index (χ1) is 13.0. The molecule has 0 atom stereocenters. The lowest BCUT2D eigenvalue weighted by molar-refractivity contribution is -0.122. The van der Waals surface area contributed by atoms with Gasteiger partial charge in [0.15, 0.2) is 0 Å². The molecule has 2 aromatic rings. The minimum atomic E-state index is -0.436. The van der Waals surface area contributed by atoms with Gasteiger partial charge in [0.2, 0.25) is 0 Å². The molecule has 0 unspecified atom stereocenters. The third-order valence-electron chi connectivity index (χ3n) is 3.77. The van der Waals surface area contributed by atoms with Crippen LogP contribution in [0, 0.1) is 0 Å². The van der Waals surface area contributed by atoms with Crippen molar-refractivity contribution >= 4 is 52.2 Å². The zero-order valence-corrected chi connectivity index (χ0v) is 15.8. The lowest BCUT2D eigenvalue weighted by atomic mass is 10.1. The largest absolute Gasteiger partial charge is 0.465 e. The molecular weight excluding hydrogens is 388 g/mol. The van der Waals surface area contributed by atoms with Gasteiger partial charge in [-0.25, -0.2) is 4.79 Å². The van der Waals surface area contributed by atoms with Gasteiger partial charge in [-0.3, -0.25) is 14.5 Å². The van der Waals surface area contributed by atoms with Gasteiger partial charge in [-0.15, -0.1) is 0 Å². The fourth-order valence-corrected chi connectivity index (χ4v) is 3.42. The Morgan fingerprint density at radius 2 is 1.96 bits per heavy atom. The number of methoxy groups -OCH3 is 1. The number of thioether (sulfide) groups is 1. The Morgan fingerprint density at radius 1 is 1.22 bits per heavy atom. The summed E-state index contributed by atoms with van der Waals surface area (Å²) in [6, 6.07) is 13.6. The molecule has 27 heavy (non-hydrogen) atoms. The number of imide groups is 1. The fraction of sp³-hybridized carbons (Fsp3) is 0.105. The first kappa shape index (κ1) is 19.0. The van der Waals surface area contributed by atoms with Crippen LogP contribution in [0.4, 0.5) is 10.5 Å². The number of hydrogen-bond acceptors (Lipinski definition) is 6. The van der Waals surface area contributed by atoms with Crippen LogP contribution in [0.15, 0.2) is 53.4 Å². The van der Waals surface area contributed by atoms with Crippen LogP contribution in [-0.4, -0.2) is 35.8 Å². The van der Waals surface area contributed by atoms with E-state index in [0.29, 0.717) is 26.7 Å². The fourth-order valence-electron chi connectivity index (χ4n) is 2.39. The molecule has 0 bridgehead atoms. The number of hydrogen-bond donors (Lipinski definition) is 1. The van der Waals surface area contributed by atoms with Crippen molar-refractivity contribution in [2.45, 2.75) is 0 Å². The second-order valence-electron chi connectivity index (χ2n) is 5.57. The van der Waals surface area contributed by atoms with E-state index in [1.54, 1.807) is 54.6 Å². The molecule has 1 aliphatic heterocycles. The summed E-state index contributed by atoms with van der Waals surface area (Å²) in [5, 5.41) is 3.21. The Hall–Kier alpha value is -2.77. The summed E-state index contributed by atoms with van der Waals surface area (Å²) < 4.78 is 4.65. The normalized spacial score (nSPS) is 15.3. The van der Waals surface area contributed by atoms with Gasteiger partial charge in [0.1, 0.15) is 0 Å². The standard InChI is InChI=1S/C19H15ClN2O4S/c1-26-18(24)13-7-5-12(6-8-13)9-16-17(23)22(19(25)27-16)11-21-15-4-2-3-14(20)10-15/h2-10,21H,11H2,1H3/b16-9-. The summed E-state index contributed by atoms with van der Waals surface area (Å²) in [5.41, 5.74) is 1.83. The number of nitrogens with zero attached hydrogens (tertiary/aromatic N) is 1. The van der Waals surface area contributed by atoms with Crippen molar-refractivity contribution in [1.29, 1.82) is 0 Å². The van der Waals surface area contributed by atoms with Crippen LogP contribution in [0.2, 0.25) is 5.02 Å². The van der Waals surface area contributed by atoms with Crippen LogP contribution in [0.3, 0.4) is 0 Å². The van der Waals surface area contributed by atoms with Crippen LogP contribution in [0.5, 0.6) is 0 Å². The highest BCUT2D eigenvalue weighted by Gasteiger charge is 2.34. The third-order valence-corrected chi connectivity index (χ3v) is 4.91. The Morgan fingerprint density at radius 3 is 2.63 bits per heavy atom. The molecule has 0 aliphatic carbocycles. The SMILES string of the molecule is COC(=O)c1ccc(/C=C2\SC(=O)N(CNc3cccc(Cl)c3)C2=O)cc1. The van der Waals surface area contributed by atoms with Gasteiger partial charge in [0, 0.05) is 10.7 Å². The average Bonchev–Trinajstić information content (AvgIpc) is 2.93. The van der Waals surface area contributed by atoms with E-state index in [1.807, 2.05) is 0 Å². The second-order valence-corrected chi connectivity index (χ2v) is 7.00. The highest BCUT2D eigenvalue weighted by atomic mass is 35.5. The maximum absolute atomic E-state index is 12.5. The van der Waals surface area contributed by atoms with Gasteiger partial charge in [-0.05, 0) is 53.7 Å². The molecule has 8 heteroatoms. The topological polar surface area (TPSA) is 75.7 Å². The summed E-state index contributed by atoms with van der Waals surface area (Å²) in [6.07, 6.45) is 1.62. The maximum atomic E-state index is 12.5. The number of rotatable bonds is 5. The highest BCUT2D eigenvalue weighted by Crippen LogP contribution is 2.32. The van der Waals surface area contributed by atoms with E-state index >= 15 is 0 Å². The van der Waals surface area contributed by atoms with E-state index in [-0.39, 0.29) is 17.8 Å². The molecule has 0 saturated carbocycles. The van der Waals surface area contributed by atoms with Crippen LogP contribution in [-0.2, 0) is 9.53 Å². The summed E-state index contributed by atoms with van der Waals surface area (Å²) in [7, 11) is 1.31. The molecule has 138 valence electrons. The number of halogens is 1. The molecule has 1 fully saturated rings. The number of esters is 1. The lowest BCUT2D eigenvalue weighted by Crippen LogP contribution is -2.33. The zero-order valence-electron chi connectivity index (χ0n) is 14.3. The van der Waals surface area contributed by atoms with Crippen molar-refractivity contribution in [3.05, 3.63) is 69.6 Å². The van der Waals surface area contributed by atoms with Crippen molar-refractivity contribution < 1.29 is 19.1 Å². The first-order valence-electron chi connectivity index (χ1n) is 7.91. The number of benzene rings is 2. The molecule has 1 aliphatic rings. The minimum Gasteiger partial charge on any atom is -0.465 e. The summed E-state index contributed by atoms with van der Waals surface area (Å²) >= 11 is 6.79. The van der Waals surface area contributed by atoms with Crippen molar-refractivity contribution in [1.82, 2.24) is 4.90 Å². The Balaban J connectivity index is 1.69.